The Hall–Kier alpha value is -1.98. The largest absolute Gasteiger partial charge is 0.544 e. The van der Waals surface area contributed by atoms with Gasteiger partial charge in [-0.25, -0.2) is 0 Å². The fraction of sp³-hybridized carbons (Fsp3) is 0.619. The van der Waals surface area contributed by atoms with Crippen LogP contribution in [0.25, 0.3) is 0 Å². The van der Waals surface area contributed by atoms with Gasteiger partial charge in [0.2, 0.25) is 0 Å². The van der Waals surface area contributed by atoms with Crippen molar-refractivity contribution in [2.75, 3.05) is 0 Å². The summed E-state index contributed by atoms with van der Waals surface area (Å²) in [6.45, 7) is 1.79. The maximum Gasteiger partial charge on any atom is 0.327 e. The monoisotopic (exact) mass is 377 g/mol. The number of aliphatic carboxylic acids is 1. The topological polar surface area (TPSA) is 66.4 Å². The number of hydrogen-bond donors (Lipinski definition) is 0. The second-order valence-corrected chi connectivity index (χ2v) is 8.80. The number of carboxylic acids is 1. The zero-order chi connectivity index (χ0) is 19.4. The molecule has 4 bridgehead atoms. The van der Waals surface area contributed by atoms with Crippen LogP contribution in [0.4, 0.5) is 8.78 Å². The lowest BCUT2D eigenvalue weighted by Crippen LogP contribution is -2.52. The highest BCUT2D eigenvalue weighted by molar-refractivity contribution is 5.80. The molecule has 146 valence electrons. The molecule has 0 aliphatic heterocycles. The van der Waals surface area contributed by atoms with Crippen LogP contribution in [0.1, 0.15) is 55.8 Å². The molecule has 1 atom stereocenters. The van der Waals surface area contributed by atoms with Gasteiger partial charge in [-0.3, -0.25) is 4.79 Å². The van der Waals surface area contributed by atoms with Gasteiger partial charge in [-0.2, -0.15) is 8.78 Å². The summed E-state index contributed by atoms with van der Waals surface area (Å²) < 4.78 is 34.1. The Morgan fingerprint density at radius 3 is 2.00 bits per heavy atom. The van der Waals surface area contributed by atoms with Crippen LogP contribution in [0.2, 0.25) is 0 Å². The number of alkyl halides is 2. The van der Waals surface area contributed by atoms with Crippen LogP contribution < -0.4 is 5.11 Å². The number of carbonyl (C=O) groups excluding carboxylic acids is 2. The van der Waals surface area contributed by atoms with Gasteiger partial charge in [-0.1, -0.05) is 29.8 Å². The molecule has 0 amide bonds. The van der Waals surface area contributed by atoms with E-state index in [1.807, 2.05) is 0 Å². The van der Waals surface area contributed by atoms with E-state index < -0.39 is 29.4 Å². The molecular weight excluding hydrogens is 354 g/mol. The number of rotatable bonds is 5. The lowest BCUT2D eigenvalue weighted by Gasteiger charge is -2.55. The second-order valence-electron chi connectivity index (χ2n) is 8.80. The van der Waals surface area contributed by atoms with Crippen LogP contribution in [0.3, 0.4) is 0 Å². The number of halogens is 2. The van der Waals surface area contributed by atoms with E-state index >= 15 is 0 Å². The van der Waals surface area contributed by atoms with Crippen LogP contribution in [-0.4, -0.2) is 17.9 Å². The van der Waals surface area contributed by atoms with Crippen molar-refractivity contribution in [1.82, 2.24) is 0 Å². The van der Waals surface area contributed by atoms with Crippen molar-refractivity contribution in [2.45, 2.75) is 57.5 Å². The third kappa shape index (κ3) is 3.13. The summed E-state index contributed by atoms with van der Waals surface area (Å²) in [4.78, 5) is 24.1. The second kappa shape index (κ2) is 6.28. The van der Waals surface area contributed by atoms with E-state index in [0.29, 0.717) is 37.0 Å². The number of hydrogen-bond acceptors (Lipinski definition) is 4. The van der Waals surface area contributed by atoms with Crippen LogP contribution in [0.5, 0.6) is 0 Å². The van der Waals surface area contributed by atoms with E-state index in [1.54, 1.807) is 19.1 Å². The molecule has 0 aromatic heterocycles. The number of carbonyl (C=O) groups is 2. The number of ether oxygens (including phenoxy) is 1. The van der Waals surface area contributed by atoms with Crippen LogP contribution >= 0.6 is 0 Å². The Morgan fingerprint density at radius 1 is 1.07 bits per heavy atom. The van der Waals surface area contributed by atoms with Crippen molar-refractivity contribution in [1.29, 1.82) is 0 Å². The third-order valence-electron chi connectivity index (χ3n) is 6.68. The van der Waals surface area contributed by atoms with Crippen molar-refractivity contribution in [3.63, 3.8) is 0 Å². The van der Waals surface area contributed by atoms with E-state index in [0.717, 1.165) is 24.8 Å². The summed E-state index contributed by atoms with van der Waals surface area (Å²) in [5.41, 5.74) is 0.0641. The molecule has 0 saturated heterocycles. The number of aryl methyl sites for hydroxylation is 1. The third-order valence-corrected chi connectivity index (χ3v) is 6.68. The predicted octanol–water partition coefficient (Wildman–Crippen LogP) is 3.18. The summed E-state index contributed by atoms with van der Waals surface area (Å²) >= 11 is 0. The fourth-order valence-electron chi connectivity index (χ4n) is 5.79. The number of carboxylic acid groups (broad SMARTS) is 1. The van der Waals surface area contributed by atoms with Crippen LogP contribution in [0.15, 0.2) is 24.3 Å². The van der Waals surface area contributed by atoms with Gasteiger partial charge in [0.1, 0.15) is 5.97 Å². The van der Waals surface area contributed by atoms with E-state index in [1.165, 1.54) is 12.1 Å². The standard InChI is InChI=1S/C21H24F2O4/c1-12-2-4-16(5-3-12)17(21(22,23)18(24)25)27-19(26)20-9-13-6-14(10-20)8-15(7-13)11-20/h2-5,13-15,17H,6-11H2,1H3,(H,24,25)/p-1. The van der Waals surface area contributed by atoms with Gasteiger partial charge in [0.15, 0.2) is 6.10 Å². The van der Waals surface area contributed by atoms with E-state index in [-0.39, 0.29) is 5.56 Å². The first-order chi connectivity index (χ1) is 12.7. The summed E-state index contributed by atoms with van der Waals surface area (Å²) in [7, 11) is 0. The van der Waals surface area contributed by atoms with Crippen molar-refractivity contribution < 1.29 is 28.2 Å². The first-order valence-corrected chi connectivity index (χ1v) is 9.56. The average Bonchev–Trinajstić information content (AvgIpc) is 2.59. The molecule has 4 nitrogen and oxygen atoms in total. The molecular formula is C21H23F2O4-. The molecule has 1 aromatic carbocycles. The average molecular weight is 377 g/mol. The highest BCUT2D eigenvalue weighted by atomic mass is 19.3. The Kier molecular flexibility index (Phi) is 4.28. The van der Waals surface area contributed by atoms with E-state index in [2.05, 4.69) is 0 Å². The van der Waals surface area contributed by atoms with Crippen molar-refractivity contribution in [3.05, 3.63) is 35.4 Å². The molecule has 5 rings (SSSR count). The van der Waals surface area contributed by atoms with Gasteiger partial charge in [0, 0.05) is 0 Å². The van der Waals surface area contributed by atoms with Gasteiger partial charge in [0.05, 0.1) is 5.41 Å². The fourth-order valence-corrected chi connectivity index (χ4v) is 5.79. The summed E-state index contributed by atoms with van der Waals surface area (Å²) in [6.07, 6.45) is 3.11. The normalized spacial score (nSPS) is 32.9. The highest BCUT2D eigenvalue weighted by Gasteiger charge is 2.57. The lowest BCUT2D eigenvalue weighted by molar-refractivity contribution is -0.337. The molecule has 6 heteroatoms. The first-order valence-electron chi connectivity index (χ1n) is 9.56. The van der Waals surface area contributed by atoms with Gasteiger partial charge in [-0.05, 0) is 68.8 Å². The molecule has 0 spiro atoms. The van der Waals surface area contributed by atoms with Gasteiger partial charge in [0.25, 0.3) is 0 Å². The smallest absolute Gasteiger partial charge is 0.327 e. The van der Waals surface area contributed by atoms with E-state index in [9.17, 15) is 23.5 Å². The Labute approximate surface area is 156 Å². The maximum absolute atomic E-state index is 14.4. The van der Waals surface area contributed by atoms with Crippen LogP contribution in [-0.2, 0) is 14.3 Å². The molecule has 4 saturated carbocycles. The minimum Gasteiger partial charge on any atom is -0.544 e. The molecule has 1 unspecified atom stereocenters. The Balaban J connectivity index is 1.62. The molecule has 1 aromatic rings. The summed E-state index contributed by atoms with van der Waals surface area (Å²) in [5.74, 6) is -6.16. The van der Waals surface area contributed by atoms with Crippen molar-refractivity contribution in [2.24, 2.45) is 23.2 Å². The molecule has 27 heavy (non-hydrogen) atoms. The van der Waals surface area contributed by atoms with Crippen LogP contribution in [0, 0.1) is 30.1 Å². The van der Waals surface area contributed by atoms with Gasteiger partial charge < -0.3 is 14.6 Å². The van der Waals surface area contributed by atoms with Gasteiger partial charge >= 0.3 is 11.9 Å². The highest BCUT2D eigenvalue weighted by Crippen LogP contribution is 2.60. The van der Waals surface area contributed by atoms with E-state index in [4.69, 9.17) is 4.74 Å². The first kappa shape index (κ1) is 18.4. The minimum atomic E-state index is -4.30. The quantitative estimate of drug-likeness (QED) is 0.739. The zero-order valence-electron chi connectivity index (χ0n) is 15.3. The molecule has 0 radical (unpaired) electrons. The molecule has 4 aliphatic carbocycles. The SMILES string of the molecule is Cc1ccc(C(OC(=O)C23CC4CC(CC(C4)C2)C3)C(F)(F)C(=O)[O-])cc1. The molecule has 4 fully saturated rings. The maximum atomic E-state index is 14.4. The molecule has 4 aliphatic rings. The predicted molar refractivity (Wildman–Crippen MR) is 90.6 cm³/mol. The number of benzene rings is 1. The summed E-state index contributed by atoms with van der Waals surface area (Å²) in [5, 5.41) is 11.1. The zero-order valence-corrected chi connectivity index (χ0v) is 15.3. The lowest BCUT2D eigenvalue weighted by atomic mass is 9.49. The Bertz CT molecular complexity index is 721. The summed E-state index contributed by atoms with van der Waals surface area (Å²) in [6, 6.07) is 5.94. The van der Waals surface area contributed by atoms with Crippen molar-refractivity contribution in [3.8, 4) is 0 Å². The van der Waals surface area contributed by atoms with Gasteiger partial charge in [-0.15, -0.1) is 0 Å². The molecule has 0 heterocycles. The Morgan fingerprint density at radius 2 is 1.56 bits per heavy atom. The molecule has 0 N–H and O–H groups in total. The minimum absolute atomic E-state index is 0.0344. The number of esters is 1. The van der Waals surface area contributed by atoms with Crippen molar-refractivity contribution >= 4 is 11.9 Å².